The second kappa shape index (κ2) is 6.39. The monoisotopic (exact) mass is 339 g/mol. The molecule has 20 heavy (non-hydrogen) atoms. The Labute approximate surface area is 127 Å². The molecule has 0 aromatic heterocycles. The van der Waals surface area contributed by atoms with E-state index in [0.29, 0.717) is 18.7 Å². The summed E-state index contributed by atoms with van der Waals surface area (Å²) in [6.07, 6.45) is 1.61. The molecular weight excluding hydrogens is 322 g/mol. The third-order valence-electron chi connectivity index (χ3n) is 3.60. The number of esters is 1. The molecule has 1 aromatic rings. The van der Waals surface area contributed by atoms with Crippen molar-refractivity contribution in [2.24, 2.45) is 5.92 Å². The van der Waals surface area contributed by atoms with Crippen LogP contribution in [0.1, 0.15) is 28.8 Å². The van der Waals surface area contributed by atoms with Crippen molar-refractivity contribution in [3.8, 4) is 0 Å². The molecule has 1 fully saturated rings. The van der Waals surface area contributed by atoms with Crippen molar-refractivity contribution in [1.82, 2.24) is 4.90 Å². The van der Waals surface area contributed by atoms with Gasteiger partial charge >= 0.3 is 5.97 Å². The second-order valence-electron chi connectivity index (χ2n) is 5.10. The van der Waals surface area contributed by atoms with Crippen LogP contribution in [0.25, 0.3) is 0 Å². The SMILES string of the molecule is COC(=O)C1CCCN(C(=O)c2cc(C)ccc2Br)C1. The summed E-state index contributed by atoms with van der Waals surface area (Å²) in [6, 6.07) is 5.70. The fourth-order valence-electron chi connectivity index (χ4n) is 2.49. The van der Waals surface area contributed by atoms with Gasteiger partial charge in [-0.1, -0.05) is 11.6 Å². The van der Waals surface area contributed by atoms with Crippen LogP contribution in [0, 0.1) is 12.8 Å². The van der Waals surface area contributed by atoms with Crippen LogP contribution in [0.15, 0.2) is 22.7 Å². The molecule has 1 unspecified atom stereocenters. The molecule has 2 rings (SSSR count). The quantitative estimate of drug-likeness (QED) is 0.778. The smallest absolute Gasteiger partial charge is 0.310 e. The molecule has 0 spiro atoms. The number of nitrogens with zero attached hydrogens (tertiary/aromatic N) is 1. The van der Waals surface area contributed by atoms with Crippen molar-refractivity contribution < 1.29 is 14.3 Å². The van der Waals surface area contributed by atoms with Gasteiger partial charge < -0.3 is 9.64 Å². The third kappa shape index (κ3) is 3.20. The molecule has 1 amide bonds. The van der Waals surface area contributed by atoms with Crippen LogP contribution >= 0.6 is 15.9 Å². The maximum atomic E-state index is 12.6. The Hall–Kier alpha value is -1.36. The predicted molar refractivity (Wildman–Crippen MR) is 79.5 cm³/mol. The summed E-state index contributed by atoms with van der Waals surface area (Å²) in [5, 5.41) is 0. The number of likely N-dealkylation sites (tertiary alicyclic amines) is 1. The van der Waals surface area contributed by atoms with Crippen LogP contribution in [-0.4, -0.2) is 37.0 Å². The molecule has 4 nitrogen and oxygen atoms in total. The van der Waals surface area contributed by atoms with E-state index in [9.17, 15) is 9.59 Å². The predicted octanol–water partition coefficient (Wildman–Crippen LogP) is 2.78. The van der Waals surface area contributed by atoms with Crippen molar-refractivity contribution in [3.63, 3.8) is 0 Å². The summed E-state index contributed by atoms with van der Waals surface area (Å²) >= 11 is 3.42. The van der Waals surface area contributed by atoms with Crippen LogP contribution in [0.3, 0.4) is 0 Å². The number of amides is 1. The van der Waals surface area contributed by atoms with Crippen molar-refractivity contribution >= 4 is 27.8 Å². The summed E-state index contributed by atoms with van der Waals surface area (Å²) in [5.74, 6) is -0.471. The zero-order valence-corrected chi connectivity index (χ0v) is 13.3. The van der Waals surface area contributed by atoms with Gasteiger partial charge in [0.15, 0.2) is 0 Å². The second-order valence-corrected chi connectivity index (χ2v) is 5.95. The van der Waals surface area contributed by atoms with Gasteiger partial charge in [-0.3, -0.25) is 9.59 Å². The van der Waals surface area contributed by atoms with Crippen LogP contribution in [-0.2, 0) is 9.53 Å². The normalized spacial score (nSPS) is 18.8. The van der Waals surface area contributed by atoms with Crippen molar-refractivity contribution in [1.29, 1.82) is 0 Å². The van der Waals surface area contributed by atoms with Crippen LogP contribution in [0.5, 0.6) is 0 Å². The highest BCUT2D eigenvalue weighted by Crippen LogP contribution is 2.24. The van der Waals surface area contributed by atoms with Gasteiger partial charge in [-0.05, 0) is 47.8 Å². The number of aryl methyl sites for hydroxylation is 1. The van der Waals surface area contributed by atoms with Gasteiger partial charge in [0.2, 0.25) is 0 Å². The zero-order chi connectivity index (χ0) is 14.7. The van der Waals surface area contributed by atoms with E-state index in [1.165, 1.54) is 7.11 Å². The van der Waals surface area contributed by atoms with E-state index >= 15 is 0 Å². The minimum atomic E-state index is -0.231. The lowest BCUT2D eigenvalue weighted by molar-refractivity contribution is -0.146. The molecule has 1 atom stereocenters. The highest BCUT2D eigenvalue weighted by molar-refractivity contribution is 9.10. The zero-order valence-electron chi connectivity index (χ0n) is 11.7. The molecule has 1 aliphatic rings. The number of rotatable bonds is 2. The molecule has 1 heterocycles. The largest absolute Gasteiger partial charge is 0.469 e. The number of ether oxygens (including phenoxy) is 1. The number of hydrogen-bond donors (Lipinski definition) is 0. The molecular formula is C15H18BrNO3. The first kappa shape index (κ1) is 15.0. The van der Waals surface area contributed by atoms with Crippen molar-refractivity contribution in [2.75, 3.05) is 20.2 Å². The lowest BCUT2D eigenvalue weighted by Gasteiger charge is -2.31. The molecule has 5 heteroatoms. The maximum Gasteiger partial charge on any atom is 0.310 e. The third-order valence-corrected chi connectivity index (χ3v) is 4.29. The minimum Gasteiger partial charge on any atom is -0.469 e. The molecule has 0 saturated carbocycles. The highest BCUT2D eigenvalue weighted by atomic mass is 79.9. The van der Waals surface area contributed by atoms with Crippen molar-refractivity contribution in [2.45, 2.75) is 19.8 Å². The Kier molecular flexibility index (Phi) is 4.81. The van der Waals surface area contributed by atoms with Gasteiger partial charge in [-0.25, -0.2) is 0 Å². The first-order valence-corrected chi connectivity index (χ1v) is 7.45. The topological polar surface area (TPSA) is 46.6 Å². The van der Waals surface area contributed by atoms with E-state index < -0.39 is 0 Å². The molecule has 1 aromatic carbocycles. The van der Waals surface area contributed by atoms with E-state index in [4.69, 9.17) is 4.74 Å². The van der Waals surface area contributed by atoms with Gasteiger partial charge in [0.05, 0.1) is 18.6 Å². The van der Waals surface area contributed by atoms with E-state index in [-0.39, 0.29) is 17.8 Å². The number of benzene rings is 1. The average molecular weight is 340 g/mol. The molecule has 1 saturated heterocycles. The summed E-state index contributed by atoms with van der Waals surface area (Å²) in [5.41, 5.74) is 1.69. The van der Waals surface area contributed by atoms with Gasteiger partial charge in [-0.2, -0.15) is 0 Å². The van der Waals surface area contributed by atoms with E-state index in [1.54, 1.807) is 4.90 Å². The van der Waals surface area contributed by atoms with E-state index in [0.717, 1.165) is 22.9 Å². The maximum absolute atomic E-state index is 12.6. The molecule has 0 N–H and O–H groups in total. The van der Waals surface area contributed by atoms with Crippen LogP contribution < -0.4 is 0 Å². The Morgan fingerprint density at radius 2 is 2.15 bits per heavy atom. The Balaban J connectivity index is 2.16. The fourth-order valence-corrected chi connectivity index (χ4v) is 2.91. The van der Waals surface area contributed by atoms with Crippen LogP contribution in [0.2, 0.25) is 0 Å². The van der Waals surface area contributed by atoms with Crippen molar-refractivity contribution in [3.05, 3.63) is 33.8 Å². The average Bonchev–Trinajstić information content (AvgIpc) is 2.48. The number of piperidine rings is 1. The number of carbonyl (C=O) groups excluding carboxylic acids is 2. The number of methoxy groups -OCH3 is 1. The number of halogens is 1. The highest BCUT2D eigenvalue weighted by Gasteiger charge is 2.30. The van der Waals surface area contributed by atoms with E-state index in [1.807, 2.05) is 25.1 Å². The van der Waals surface area contributed by atoms with Gasteiger partial charge in [0.25, 0.3) is 5.91 Å². The van der Waals surface area contributed by atoms with Crippen LogP contribution in [0.4, 0.5) is 0 Å². The standard InChI is InChI=1S/C15H18BrNO3/c1-10-5-6-13(16)12(8-10)14(18)17-7-3-4-11(9-17)15(19)20-2/h5-6,8,11H,3-4,7,9H2,1-2H3. The molecule has 1 aliphatic heterocycles. The van der Waals surface area contributed by atoms with Gasteiger partial charge in [0, 0.05) is 17.6 Å². The molecule has 0 aliphatic carbocycles. The van der Waals surface area contributed by atoms with Gasteiger partial charge in [-0.15, -0.1) is 0 Å². The molecule has 0 bridgehead atoms. The molecule has 108 valence electrons. The summed E-state index contributed by atoms with van der Waals surface area (Å²) in [7, 11) is 1.39. The summed E-state index contributed by atoms with van der Waals surface area (Å²) in [6.45, 7) is 3.08. The summed E-state index contributed by atoms with van der Waals surface area (Å²) < 4.78 is 5.57. The Bertz CT molecular complexity index is 530. The first-order valence-electron chi connectivity index (χ1n) is 6.66. The Morgan fingerprint density at radius 1 is 1.40 bits per heavy atom. The lowest BCUT2D eigenvalue weighted by Crippen LogP contribution is -2.42. The van der Waals surface area contributed by atoms with E-state index in [2.05, 4.69) is 15.9 Å². The first-order chi connectivity index (χ1) is 9.52. The fraction of sp³-hybridized carbons (Fsp3) is 0.467. The number of hydrogen-bond acceptors (Lipinski definition) is 3. The minimum absolute atomic E-state index is 0.0332. The number of carbonyl (C=O) groups is 2. The lowest BCUT2D eigenvalue weighted by atomic mass is 9.97. The summed E-state index contributed by atoms with van der Waals surface area (Å²) in [4.78, 5) is 25.9. The van der Waals surface area contributed by atoms with Gasteiger partial charge in [0.1, 0.15) is 0 Å². The Morgan fingerprint density at radius 3 is 2.85 bits per heavy atom. The molecule has 0 radical (unpaired) electrons.